The molecule has 0 unspecified atom stereocenters. The highest BCUT2D eigenvalue weighted by atomic mass is 16.5. The topological polar surface area (TPSA) is 98.4 Å². The van der Waals surface area contributed by atoms with Crippen LogP contribution in [0.4, 0.5) is 11.4 Å². The molecule has 0 atom stereocenters. The van der Waals surface area contributed by atoms with Crippen LogP contribution in [0.1, 0.15) is 67.0 Å². The molecule has 4 rings (SSSR count). The number of hydrogen-bond donors (Lipinski definition) is 2. The Balaban J connectivity index is 1.81. The molecular formula is C24H30N4O4. The van der Waals surface area contributed by atoms with Crippen molar-refractivity contribution in [2.24, 2.45) is 5.92 Å². The van der Waals surface area contributed by atoms with E-state index < -0.39 is 11.9 Å². The van der Waals surface area contributed by atoms with Crippen LogP contribution in [0.15, 0.2) is 35.1 Å². The van der Waals surface area contributed by atoms with Gasteiger partial charge in [-0.2, -0.15) is 0 Å². The van der Waals surface area contributed by atoms with E-state index in [-0.39, 0.29) is 11.5 Å². The lowest BCUT2D eigenvalue weighted by Gasteiger charge is -2.13. The lowest BCUT2D eigenvalue weighted by atomic mass is 10.1. The monoisotopic (exact) mass is 438 g/mol. The first kappa shape index (κ1) is 21.9. The SMILES string of the molecule is COC(=O)c1c(NC(=O)c2ccco2)c2cc(NC3CCCC3)cnc2n1CCC(C)C. The first-order valence-electron chi connectivity index (χ1n) is 11.2. The molecule has 32 heavy (non-hydrogen) atoms. The zero-order valence-corrected chi connectivity index (χ0v) is 18.8. The van der Waals surface area contributed by atoms with E-state index in [4.69, 9.17) is 9.15 Å². The number of amides is 1. The number of rotatable bonds is 8. The molecule has 3 aromatic heterocycles. The van der Waals surface area contributed by atoms with Crippen LogP contribution in [0, 0.1) is 5.92 Å². The van der Waals surface area contributed by atoms with Crippen molar-refractivity contribution in [3.05, 3.63) is 42.1 Å². The Kier molecular flexibility index (Phi) is 6.48. The average molecular weight is 439 g/mol. The lowest BCUT2D eigenvalue weighted by Crippen LogP contribution is -2.17. The zero-order chi connectivity index (χ0) is 22.7. The van der Waals surface area contributed by atoms with Gasteiger partial charge in [0, 0.05) is 18.0 Å². The van der Waals surface area contributed by atoms with Crippen molar-refractivity contribution in [1.82, 2.24) is 9.55 Å². The number of carbonyl (C=O) groups is 2. The Labute approximate surface area is 187 Å². The summed E-state index contributed by atoms with van der Waals surface area (Å²) in [6.07, 6.45) is 8.78. The van der Waals surface area contributed by atoms with E-state index in [1.54, 1.807) is 18.3 Å². The van der Waals surface area contributed by atoms with E-state index in [2.05, 4.69) is 29.5 Å². The van der Waals surface area contributed by atoms with Crippen LogP contribution in [-0.4, -0.2) is 34.6 Å². The van der Waals surface area contributed by atoms with Gasteiger partial charge in [0.05, 0.1) is 30.9 Å². The third-order valence-corrected chi connectivity index (χ3v) is 5.92. The summed E-state index contributed by atoms with van der Waals surface area (Å²) < 4.78 is 12.2. The summed E-state index contributed by atoms with van der Waals surface area (Å²) in [5.41, 5.74) is 2.18. The number of methoxy groups -OCH3 is 1. The number of hydrogen-bond acceptors (Lipinski definition) is 6. The zero-order valence-electron chi connectivity index (χ0n) is 18.8. The number of pyridine rings is 1. The van der Waals surface area contributed by atoms with E-state index in [0.29, 0.717) is 35.2 Å². The maximum absolute atomic E-state index is 12.8. The highest BCUT2D eigenvalue weighted by Crippen LogP contribution is 2.34. The summed E-state index contributed by atoms with van der Waals surface area (Å²) >= 11 is 0. The molecule has 8 heteroatoms. The molecule has 170 valence electrons. The number of ether oxygens (including phenoxy) is 1. The Morgan fingerprint density at radius 1 is 1.31 bits per heavy atom. The molecule has 0 spiro atoms. The third kappa shape index (κ3) is 4.49. The van der Waals surface area contributed by atoms with Crippen LogP contribution < -0.4 is 10.6 Å². The van der Waals surface area contributed by atoms with Crippen molar-refractivity contribution >= 4 is 34.3 Å². The molecule has 1 fully saturated rings. The molecule has 0 aliphatic heterocycles. The maximum Gasteiger partial charge on any atom is 0.356 e. The Morgan fingerprint density at radius 3 is 2.75 bits per heavy atom. The van der Waals surface area contributed by atoms with Gasteiger partial charge in [0.25, 0.3) is 5.91 Å². The summed E-state index contributed by atoms with van der Waals surface area (Å²) in [7, 11) is 1.34. The minimum Gasteiger partial charge on any atom is -0.464 e. The van der Waals surface area contributed by atoms with Crippen molar-refractivity contribution in [3.8, 4) is 0 Å². The molecule has 8 nitrogen and oxygen atoms in total. The summed E-state index contributed by atoms with van der Waals surface area (Å²) in [5.74, 6) is -0.358. The molecule has 0 radical (unpaired) electrons. The molecule has 1 amide bonds. The fourth-order valence-corrected chi connectivity index (χ4v) is 4.23. The molecule has 1 saturated carbocycles. The average Bonchev–Trinajstić information content (AvgIpc) is 3.53. The van der Waals surface area contributed by atoms with Gasteiger partial charge in [0.15, 0.2) is 11.5 Å². The molecule has 1 aliphatic rings. The van der Waals surface area contributed by atoms with E-state index in [1.165, 1.54) is 26.2 Å². The second-order valence-electron chi connectivity index (χ2n) is 8.70. The van der Waals surface area contributed by atoms with Crippen LogP contribution in [0.5, 0.6) is 0 Å². The first-order valence-corrected chi connectivity index (χ1v) is 11.2. The van der Waals surface area contributed by atoms with E-state index >= 15 is 0 Å². The minimum atomic E-state index is -0.521. The number of aryl methyl sites for hydroxylation is 1. The number of nitrogens with one attached hydrogen (secondary N) is 2. The minimum absolute atomic E-state index is 0.164. The number of fused-ring (bicyclic) bond motifs is 1. The second-order valence-corrected chi connectivity index (χ2v) is 8.70. The van der Waals surface area contributed by atoms with E-state index in [0.717, 1.165) is 24.9 Å². The predicted molar refractivity (Wildman–Crippen MR) is 123 cm³/mol. The number of anilines is 2. The number of furan rings is 1. The Hall–Kier alpha value is -3.29. The van der Waals surface area contributed by atoms with Gasteiger partial charge in [-0.05, 0) is 43.4 Å². The van der Waals surface area contributed by atoms with Gasteiger partial charge in [-0.1, -0.05) is 26.7 Å². The molecule has 0 bridgehead atoms. The first-order chi connectivity index (χ1) is 15.5. The van der Waals surface area contributed by atoms with E-state index in [1.807, 2.05) is 10.6 Å². The second kappa shape index (κ2) is 9.46. The Morgan fingerprint density at radius 2 is 2.09 bits per heavy atom. The molecule has 3 aromatic rings. The van der Waals surface area contributed by atoms with Gasteiger partial charge in [0.2, 0.25) is 0 Å². The summed E-state index contributed by atoms with van der Waals surface area (Å²) in [6.45, 7) is 4.83. The van der Waals surface area contributed by atoms with Crippen molar-refractivity contribution in [1.29, 1.82) is 0 Å². The smallest absolute Gasteiger partial charge is 0.356 e. The standard InChI is InChI=1S/C24H30N4O4/c1-15(2)10-11-28-21(24(30)31-3)20(27-23(29)19-9-6-12-32-19)18-13-17(14-25-22(18)28)26-16-7-4-5-8-16/h6,9,12-16,26H,4-5,7-8,10-11H2,1-3H3,(H,27,29). The molecule has 1 aliphatic carbocycles. The number of carbonyl (C=O) groups excluding carboxylic acids is 2. The van der Waals surface area contributed by atoms with Gasteiger partial charge < -0.3 is 24.4 Å². The predicted octanol–water partition coefficient (Wildman–Crippen LogP) is 5.07. The molecule has 3 heterocycles. The summed E-state index contributed by atoms with van der Waals surface area (Å²) in [4.78, 5) is 30.3. The van der Waals surface area contributed by atoms with Crippen molar-refractivity contribution in [3.63, 3.8) is 0 Å². The normalized spacial score (nSPS) is 14.2. The number of aromatic nitrogens is 2. The van der Waals surface area contributed by atoms with Gasteiger partial charge in [0.1, 0.15) is 5.65 Å². The van der Waals surface area contributed by atoms with Gasteiger partial charge in [-0.15, -0.1) is 0 Å². The van der Waals surface area contributed by atoms with Crippen LogP contribution in [0.3, 0.4) is 0 Å². The molecular weight excluding hydrogens is 408 g/mol. The molecule has 0 saturated heterocycles. The van der Waals surface area contributed by atoms with Gasteiger partial charge in [-0.3, -0.25) is 4.79 Å². The Bertz CT molecular complexity index is 1100. The highest BCUT2D eigenvalue weighted by molar-refractivity contribution is 6.14. The van der Waals surface area contributed by atoms with Crippen molar-refractivity contribution in [2.45, 2.75) is 58.5 Å². The van der Waals surface area contributed by atoms with Crippen LogP contribution in [0.25, 0.3) is 11.0 Å². The van der Waals surface area contributed by atoms with Gasteiger partial charge >= 0.3 is 5.97 Å². The number of nitrogens with zero attached hydrogens (tertiary/aromatic N) is 2. The fourth-order valence-electron chi connectivity index (χ4n) is 4.23. The highest BCUT2D eigenvalue weighted by Gasteiger charge is 2.27. The maximum atomic E-state index is 12.8. The summed E-state index contributed by atoms with van der Waals surface area (Å²) in [6, 6.07) is 5.60. The largest absolute Gasteiger partial charge is 0.464 e. The number of esters is 1. The third-order valence-electron chi connectivity index (χ3n) is 5.92. The van der Waals surface area contributed by atoms with Crippen molar-refractivity contribution < 1.29 is 18.7 Å². The van der Waals surface area contributed by atoms with E-state index in [9.17, 15) is 9.59 Å². The molecule has 2 N–H and O–H groups in total. The van der Waals surface area contributed by atoms with Crippen LogP contribution >= 0.6 is 0 Å². The lowest BCUT2D eigenvalue weighted by molar-refractivity contribution is 0.0589. The van der Waals surface area contributed by atoms with Gasteiger partial charge in [-0.25, -0.2) is 9.78 Å². The van der Waals surface area contributed by atoms with Crippen molar-refractivity contribution in [2.75, 3.05) is 17.7 Å². The van der Waals surface area contributed by atoms with Crippen LogP contribution in [-0.2, 0) is 11.3 Å². The molecule has 0 aromatic carbocycles. The summed E-state index contributed by atoms with van der Waals surface area (Å²) in [5, 5.41) is 7.11. The fraction of sp³-hybridized carbons (Fsp3) is 0.458. The van der Waals surface area contributed by atoms with Crippen LogP contribution in [0.2, 0.25) is 0 Å². The quantitative estimate of drug-likeness (QED) is 0.477.